The van der Waals surface area contributed by atoms with Gasteiger partial charge in [-0.25, -0.2) is 4.98 Å². The maximum atomic E-state index is 6.37. The van der Waals surface area contributed by atoms with Crippen LogP contribution in [-0.4, -0.2) is 25.7 Å². The SMILES string of the molecule is CCCNc1nccc2c(Cl)c(OC)c(OC)cc12. The Labute approximate surface area is 117 Å². The first-order chi connectivity index (χ1) is 9.22. The van der Waals surface area contributed by atoms with Crippen molar-refractivity contribution in [1.29, 1.82) is 0 Å². The van der Waals surface area contributed by atoms with E-state index >= 15 is 0 Å². The van der Waals surface area contributed by atoms with Gasteiger partial charge in [-0.3, -0.25) is 0 Å². The summed E-state index contributed by atoms with van der Waals surface area (Å²) < 4.78 is 10.6. The minimum absolute atomic E-state index is 0.541. The number of fused-ring (bicyclic) bond motifs is 1. The zero-order chi connectivity index (χ0) is 13.8. The molecule has 0 atom stereocenters. The minimum Gasteiger partial charge on any atom is -0.493 e. The molecular weight excluding hydrogens is 264 g/mol. The van der Waals surface area contributed by atoms with Crippen LogP contribution in [0.3, 0.4) is 0 Å². The fraction of sp³-hybridized carbons (Fsp3) is 0.357. The molecule has 0 amide bonds. The van der Waals surface area contributed by atoms with Crippen molar-refractivity contribution in [2.75, 3.05) is 26.1 Å². The van der Waals surface area contributed by atoms with Crippen molar-refractivity contribution in [1.82, 2.24) is 4.98 Å². The number of ether oxygens (including phenoxy) is 2. The Kier molecular flexibility index (Phi) is 4.32. The van der Waals surface area contributed by atoms with E-state index in [9.17, 15) is 0 Å². The molecule has 0 bridgehead atoms. The fourth-order valence-corrected chi connectivity index (χ4v) is 2.30. The number of methoxy groups -OCH3 is 2. The van der Waals surface area contributed by atoms with Gasteiger partial charge < -0.3 is 14.8 Å². The van der Waals surface area contributed by atoms with Crippen LogP contribution in [0, 0.1) is 0 Å². The van der Waals surface area contributed by atoms with Gasteiger partial charge >= 0.3 is 0 Å². The third-order valence-electron chi connectivity index (χ3n) is 2.89. The summed E-state index contributed by atoms with van der Waals surface area (Å²) in [6.07, 6.45) is 2.76. The number of benzene rings is 1. The number of hydrogen-bond acceptors (Lipinski definition) is 4. The normalized spacial score (nSPS) is 10.5. The molecule has 0 aliphatic heterocycles. The summed E-state index contributed by atoms with van der Waals surface area (Å²) in [6, 6.07) is 3.77. The predicted octanol–water partition coefficient (Wildman–Crippen LogP) is 3.73. The lowest BCUT2D eigenvalue weighted by molar-refractivity contribution is 0.356. The monoisotopic (exact) mass is 280 g/mol. The summed E-state index contributed by atoms with van der Waals surface area (Å²) in [7, 11) is 3.17. The predicted molar refractivity (Wildman–Crippen MR) is 78.6 cm³/mol. The molecule has 0 spiro atoms. The number of nitrogens with one attached hydrogen (secondary N) is 1. The van der Waals surface area contributed by atoms with Gasteiger partial charge in [0.2, 0.25) is 0 Å². The molecule has 1 aromatic carbocycles. The molecule has 2 rings (SSSR count). The van der Waals surface area contributed by atoms with E-state index in [4.69, 9.17) is 21.1 Å². The highest BCUT2D eigenvalue weighted by atomic mass is 35.5. The molecule has 0 saturated carbocycles. The number of pyridine rings is 1. The van der Waals surface area contributed by atoms with Gasteiger partial charge in [0.05, 0.1) is 19.2 Å². The molecule has 5 heteroatoms. The van der Waals surface area contributed by atoms with Gasteiger partial charge in [-0.1, -0.05) is 18.5 Å². The lowest BCUT2D eigenvalue weighted by Gasteiger charge is -2.14. The molecule has 0 unspecified atom stereocenters. The Morgan fingerprint density at radius 1 is 1.26 bits per heavy atom. The van der Waals surface area contributed by atoms with E-state index in [0.29, 0.717) is 16.5 Å². The summed E-state index contributed by atoms with van der Waals surface area (Å²) in [6.45, 7) is 2.97. The first-order valence-electron chi connectivity index (χ1n) is 6.16. The topological polar surface area (TPSA) is 43.4 Å². The zero-order valence-electron chi connectivity index (χ0n) is 11.3. The maximum absolute atomic E-state index is 6.37. The van der Waals surface area contributed by atoms with Crippen LogP contribution in [-0.2, 0) is 0 Å². The molecule has 0 aliphatic rings. The minimum atomic E-state index is 0.541. The molecule has 0 aliphatic carbocycles. The van der Waals surface area contributed by atoms with Crippen molar-refractivity contribution in [2.24, 2.45) is 0 Å². The van der Waals surface area contributed by atoms with Crippen LogP contribution in [0.1, 0.15) is 13.3 Å². The Morgan fingerprint density at radius 3 is 2.68 bits per heavy atom. The van der Waals surface area contributed by atoms with Crippen LogP contribution < -0.4 is 14.8 Å². The van der Waals surface area contributed by atoms with E-state index < -0.39 is 0 Å². The first-order valence-corrected chi connectivity index (χ1v) is 6.53. The van der Waals surface area contributed by atoms with Gasteiger partial charge in [-0.05, 0) is 18.6 Å². The summed E-state index contributed by atoms with van der Waals surface area (Å²) >= 11 is 6.37. The highest BCUT2D eigenvalue weighted by molar-refractivity contribution is 6.37. The number of aromatic nitrogens is 1. The molecule has 1 heterocycles. The number of nitrogens with zero attached hydrogens (tertiary/aromatic N) is 1. The number of anilines is 1. The standard InChI is InChI=1S/C14H17ClN2O2/c1-4-6-16-14-10-8-11(18-2)13(19-3)12(15)9(10)5-7-17-14/h5,7-8H,4,6H2,1-3H3,(H,16,17). The van der Waals surface area contributed by atoms with E-state index in [2.05, 4.69) is 17.2 Å². The second-order valence-corrected chi connectivity index (χ2v) is 4.49. The van der Waals surface area contributed by atoms with Crippen molar-refractivity contribution in [3.8, 4) is 11.5 Å². The molecule has 0 fully saturated rings. The van der Waals surface area contributed by atoms with Crippen molar-refractivity contribution >= 4 is 28.2 Å². The molecule has 1 aromatic heterocycles. The van der Waals surface area contributed by atoms with Crippen LogP contribution in [0.15, 0.2) is 18.3 Å². The first kappa shape index (κ1) is 13.7. The van der Waals surface area contributed by atoms with Gasteiger partial charge in [-0.2, -0.15) is 0 Å². The average Bonchev–Trinajstić information content (AvgIpc) is 2.44. The van der Waals surface area contributed by atoms with Crippen molar-refractivity contribution in [2.45, 2.75) is 13.3 Å². The Bertz CT molecular complexity index is 587. The second-order valence-electron chi connectivity index (χ2n) is 4.11. The number of hydrogen-bond donors (Lipinski definition) is 1. The molecule has 0 radical (unpaired) electrons. The van der Waals surface area contributed by atoms with E-state index in [1.165, 1.54) is 0 Å². The molecule has 102 valence electrons. The van der Waals surface area contributed by atoms with Crippen molar-refractivity contribution in [3.63, 3.8) is 0 Å². The summed E-state index contributed by atoms with van der Waals surface area (Å²) in [5.74, 6) is 1.96. The van der Waals surface area contributed by atoms with E-state index in [0.717, 1.165) is 29.6 Å². The Balaban J connectivity index is 2.65. The second kappa shape index (κ2) is 5.97. The highest BCUT2D eigenvalue weighted by Crippen LogP contribution is 2.42. The summed E-state index contributed by atoms with van der Waals surface area (Å²) in [5, 5.41) is 5.65. The lowest BCUT2D eigenvalue weighted by atomic mass is 10.1. The Morgan fingerprint density at radius 2 is 2.05 bits per heavy atom. The largest absolute Gasteiger partial charge is 0.493 e. The third kappa shape index (κ3) is 2.54. The summed E-state index contributed by atoms with van der Waals surface area (Å²) in [5.41, 5.74) is 0. The van der Waals surface area contributed by atoms with Crippen LogP contribution in [0.4, 0.5) is 5.82 Å². The third-order valence-corrected chi connectivity index (χ3v) is 3.27. The van der Waals surface area contributed by atoms with E-state index in [1.807, 2.05) is 12.1 Å². The van der Waals surface area contributed by atoms with E-state index in [-0.39, 0.29) is 0 Å². The molecule has 4 nitrogen and oxygen atoms in total. The van der Waals surface area contributed by atoms with Gasteiger partial charge in [0.25, 0.3) is 0 Å². The van der Waals surface area contributed by atoms with Crippen LogP contribution in [0.5, 0.6) is 11.5 Å². The molecule has 2 aromatic rings. The average molecular weight is 281 g/mol. The number of halogens is 1. The van der Waals surface area contributed by atoms with Gasteiger partial charge in [-0.15, -0.1) is 0 Å². The lowest BCUT2D eigenvalue weighted by Crippen LogP contribution is -2.03. The maximum Gasteiger partial charge on any atom is 0.180 e. The van der Waals surface area contributed by atoms with E-state index in [1.54, 1.807) is 20.4 Å². The smallest absolute Gasteiger partial charge is 0.180 e. The van der Waals surface area contributed by atoms with Gasteiger partial charge in [0, 0.05) is 23.5 Å². The highest BCUT2D eigenvalue weighted by Gasteiger charge is 2.15. The molecular formula is C14H17ClN2O2. The molecule has 1 N–H and O–H groups in total. The van der Waals surface area contributed by atoms with Crippen LogP contribution in [0.2, 0.25) is 5.02 Å². The zero-order valence-corrected chi connectivity index (χ0v) is 12.0. The van der Waals surface area contributed by atoms with Crippen LogP contribution in [0.25, 0.3) is 10.8 Å². The quantitative estimate of drug-likeness (QED) is 0.906. The molecule has 19 heavy (non-hydrogen) atoms. The van der Waals surface area contributed by atoms with Crippen molar-refractivity contribution < 1.29 is 9.47 Å². The van der Waals surface area contributed by atoms with Crippen LogP contribution >= 0.6 is 11.6 Å². The summed E-state index contributed by atoms with van der Waals surface area (Å²) in [4.78, 5) is 4.35. The van der Waals surface area contributed by atoms with Gasteiger partial charge in [0.15, 0.2) is 11.5 Å². The van der Waals surface area contributed by atoms with Gasteiger partial charge in [0.1, 0.15) is 5.82 Å². The fourth-order valence-electron chi connectivity index (χ4n) is 1.96. The Hall–Kier alpha value is -1.68. The van der Waals surface area contributed by atoms with Crippen molar-refractivity contribution in [3.05, 3.63) is 23.4 Å². The molecule has 0 saturated heterocycles. The number of rotatable bonds is 5.